The van der Waals surface area contributed by atoms with Gasteiger partial charge in [0.1, 0.15) is 6.04 Å². The van der Waals surface area contributed by atoms with E-state index >= 15 is 0 Å². The van der Waals surface area contributed by atoms with E-state index in [1.807, 2.05) is 50.2 Å². The van der Waals surface area contributed by atoms with Crippen molar-refractivity contribution in [1.29, 1.82) is 0 Å². The van der Waals surface area contributed by atoms with Gasteiger partial charge in [-0.05, 0) is 86.2 Å². The summed E-state index contributed by atoms with van der Waals surface area (Å²) in [4.78, 5) is 39.9. The highest BCUT2D eigenvalue weighted by Gasteiger charge is 2.47. The lowest BCUT2D eigenvalue weighted by molar-refractivity contribution is -0.122. The topological polar surface area (TPSA) is 101 Å². The minimum atomic E-state index is -4.17. The summed E-state index contributed by atoms with van der Waals surface area (Å²) in [5.41, 5.74) is 4.36. The summed E-state index contributed by atoms with van der Waals surface area (Å²) in [6.45, 7) is 7.27. The number of anilines is 1. The Labute approximate surface area is 229 Å². The summed E-state index contributed by atoms with van der Waals surface area (Å²) in [7, 11) is -2.91. The number of methoxy groups -OCH3 is 1. The van der Waals surface area contributed by atoms with Crippen molar-refractivity contribution in [1.82, 2.24) is 4.31 Å². The maximum atomic E-state index is 14.3. The number of carbonyl (C=O) groups excluding carboxylic acids is 3. The molecule has 3 aromatic rings. The van der Waals surface area contributed by atoms with Crippen molar-refractivity contribution in [3.63, 3.8) is 0 Å². The Balaban J connectivity index is 1.76. The third-order valence-electron chi connectivity index (χ3n) is 7.34. The maximum Gasteiger partial charge on any atom is 0.337 e. The van der Waals surface area contributed by atoms with Gasteiger partial charge in [-0.1, -0.05) is 36.4 Å². The summed E-state index contributed by atoms with van der Waals surface area (Å²) < 4.78 is 34.6. The van der Waals surface area contributed by atoms with E-state index in [0.29, 0.717) is 17.5 Å². The van der Waals surface area contributed by atoms with Crippen LogP contribution in [-0.2, 0) is 30.8 Å². The Morgan fingerprint density at radius 1 is 0.949 bits per heavy atom. The zero-order valence-electron chi connectivity index (χ0n) is 22.7. The monoisotopic (exact) mass is 548 g/mol. The van der Waals surface area contributed by atoms with Crippen molar-refractivity contribution in [2.75, 3.05) is 18.6 Å². The lowest BCUT2D eigenvalue weighted by Gasteiger charge is -2.29. The van der Waals surface area contributed by atoms with E-state index in [0.717, 1.165) is 21.6 Å². The number of hydrogen-bond acceptors (Lipinski definition) is 6. The van der Waals surface area contributed by atoms with Gasteiger partial charge in [-0.3, -0.25) is 9.59 Å². The fraction of sp³-hybridized carbons (Fsp3) is 0.300. The highest BCUT2D eigenvalue weighted by Crippen LogP contribution is 2.34. The molecule has 8 nitrogen and oxygen atoms in total. The van der Waals surface area contributed by atoms with Crippen LogP contribution in [0.3, 0.4) is 0 Å². The van der Waals surface area contributed by atoms with Gasteiger partial charge < -0.3 is 4.74 Å². The summed E-state index contributed by atoms with van der Waals surface area (Å²) in [5.74, 6) is -1.68. The second kappa shape index (κ2) is 11.1. The standard InChI is InChI=1S/C30H32N2O6S/c1-19-17-20(2)22(4)28(21(19)3)39(36,37)31(16-15-23-9-7-6-8-10-23)26-18-27(33)32(29(26)34)25-13-11-24(12-14-25)30(35)38-5/h6-14,17,26H,15-16,18H2,1-5H3. The Bertz CT molecular complexity index is 1510. The van der Waals surface area contributed by atoms with E-state index < -0.39 is 33.8 Å². The van der Waals surface area contributed by atoms with E-state index in [2.05, 4.69) is 0 Å². The summed E-state index contributed by atoms with van der Waals surface area (Å²) in [6.07, 6.45) is 0.0866. The fourth-order valence-corrected chi connectivity index (χ4v) is 7.15. The average Bonchev–Trinajstić information content (AvgIpc) is 3.20. The van der Waals surface area contributed by atoms with Gasteiger partial charge >= 0.3 is 5.97 Å². The van der Waals surface area contributed by atoms with E-state index in [-0.39, 0.29) is 29.1 Å². The molecule has 1 atom stereocenters. The Morgan fingerprint density at radius 3 is 2.10 bits per heavy atom. The average molecular weight is 549 g/mol. The predicted octanol–water partition coefficient (Wildman–Crippen LogP) is 4.27. The number of esters is 1. The van der Waals surface area contributed by atoms with Crippen LogP contribution in [0.2, 0.25) is 0 Å². The SMILES string of the molecule is COC(=O)c1ccc(N2C(=O)CC(N(CCc3ccccc3)S(=O)(=O)c3c(C)c(C)cc(C)c3C)C2=O)cc1. The van der Waals surface area contributed by atoms with Gasteiger partial charge in [0.05, 0.1) is 29.7 Å². The van der Waals surface area contributed by atoms with Crippen LogP contribution in [0.5, 0.6) is 0 Å². The van der Waals surface area contributed by atoms with Crippen LogP contribution in [0.15, 0.2) is 65.6 Å². The number of aryl methyl sites for hydroxylation is 2. The number of sulfonamides is 1. The predicted molar refractivity (Wildman–Crippen MR) is 148 cm³/mol. The molecule has 39 heavy (non-hydrogen) atoms. The van der Waals surface area contributed by atoms with Crippen LogP contribution < -0.4 is 4.90 Å². The lowest BCUT2D eigenvalue weighted by Crippen LogP contribution is -2.46. The van der Waals surface area contributed by atoms with Crippen LogP contribution in [0.25, 0.3) is 0 Å². The molecule has 1 heterocycles. The molecule has 1 aliphatic rings. The van der Waals surface area contributed by atoms with Crippen molar-refractivity contribution in [2.45, 2.75) is 51.5 Å². The van der Waals surface area contributed by atoms with Crippen molar-refractivity contribution in [3.8, 4) is 0 Å². The third-order valence-corrected chi connectivity index (χ3v) is 9.53. The lowest BCUT2D eigenvalue weighted by atomic mass is 10.0. The molecule has 1 aliphatic heterocycles. The molecule has 0 bridgehead atoms. The second-order valence-corrected chi connectivity index (χ2v) is 11.6. The van der Waals surface area contributed by atoms with E-state index in [1.54, 1.807) is 13.8 Å². The van der Waals surface area contributed by atoms with Gasteiger partial charge in [-0.15, -0.1) is 0 Å². The third kappa shape index (κ3) is 5.37. The zero-order valence-corrected chi connectivity index (χ0v) is 23.5. The Hall–Kier alpha value is -3.82. The molecule has 204 valence electrons. The van der Waals surface area contributed by atoms with Crippen molar-refractivity contribution in [3.05, 3.63) is 94.0 Å². The normalized spacial score (nSPS) is 15.7. The first-order valence-corrected chi connectivity index (χ1v) is 14.1. The summed E-state index contributed by atoms with van der Waals surface area (Å²) in [5, 5.41) is 0. The number of amides is 2. The van der Waals surface area contributed by atoms with Crippen LogP contribution in [0.1, 0.15) is 44.6 Å². The largest absolute Gasteiger partial charge is 0.465 e. The summed E-state index contributed by atoms with van der Waals surface area (Å²) >= 11 is 0. The molecule has 9 heteroatoms. The molecule has 1 unspecified atom stereocenters. The molecule has 0 spiro atoms. The first-order valence-electron chi connectivity index (χ1n) is 12.7. The maximum absolute atomic E-state index is 14.3. The van der Waals surface area contributed by atoms with Crippen LogP contribution in [-0.4, -0.2) is 50.2 Å². The van der Waals surface area contributed by atoms with Gasteiger partial charge in [0.2, 0.25) is 15.9 Å². The van der Waals surface area contributed by atoms with Crippen molar-refractivity contribution in [2.24, 2.45) is 0 Å². The number of nitrogens with zero attached hydrogens (tertiary/aromatic N) is 2. The molecule has 0 saturated carbocycles. The number of ether oxygens (including phenoxy) is 1. The highest BCUT2D eigenvalue weighted by atomic mass is 32.2. The Kier molecular flexibility index (Phi) is 8.04. The number of carbonyl (C=O) groups is 3. The number of rotatable bonds is 8. The van der Waals surface area contributed by atoms with Gasteiger partial charge in [0, 0.05) is 6.54 Å². The molecule has 2 amide bonds. The van der Waals surface area contributed by atoms with E-state index in [9.17, 15) is 22.8 Å². The molecule has 1 saturated heterocycles. The molecule has 4 rings (SSSR count). The number of hydrogen-bond donors (Lipinski definition) is 0. The highest BCUT2D eigenvalue weighted by molar-refractivity contribution is 7.89. The smallest absolute Gasteiger partial charge is 0.337 e. The van der Waals surface area contributed by atoms with E-state index in [4.69, 9.17) is 4.74 Å². The van der Waals surface area contributed by atoms with Crippen LogP contribution >= 0.6 is 0 Å². The molecule has 0 aromatic heterocycles. The molecule has 0 radical (unpaired) electrons. The van der Waals surface area contributed by atoms with Gasteiger partial charge in [-0.25, -0.2) is 18.1 Å². The molecular formula is C30H32N2O6S. The van der Waals surface area contributed by atoms with Crippen LogP contribution in [0, 0.1) is 27.7 Å². The molecule has 3 aromatic carbocycles. The summed E-state index contributed by atoms with van der Waals surface area (Å²) in [6, 6.07) is 16.0. The number of benzene rings is 3. The Morgan fingerprint density at radius 2 is 1.54 bits per heavy atom. The quantitative estimate of drug-likeness (QED) is 0.308. The van der Waals surface area contributed by atoms with Gasteiger partial charge in [-0.2, -0.15) is 4.31 Å². The van der Waals surface area contributed by atoms with Gasteiger partial charge in [0.15, 0.2) is 0 Å². The fourth-order valence-electron chi connectivity index (χ4n) is 4.99. The van der Waals surface area contributed by atoms with Crippen molar-refractivity contribution >= 4 is 33.5 Å². The van der Waals surface area contributed by atoms with E-state index in [1.165, 1.54) is 35.7 Å². The molecule has 0 N–H and O–H groups in total. The van der Waals surface area contributed by atoms with Crippen LogP contribution in [0.4, 0.5) is 5.69 Å². The first-order chi connectivity index (χ1) is 18.5. The second-order valence-electron chi connectivity index (χ2n) is 9.77. The molecule has 0 aliphatic carbocycles. The first kappa shape index (κ1) is 28.2. The molecule has 1 fully saturated rings. The van der Waals surface area contributed by atoms with Gasteiger partial charge in [0.25, 0.3) is 5.91 Å². The number of imide groups is 1. The minimum absolute atomic E-state index is 0.0248. The molecular weight excluding hydrogens is 516 g/mol. The van der Waals surface area contributed by atoms with Crippen molar-refractivity contribution < 1.29 is 27.5 Å². The minimum Gasteiger partial charge on any atom is -0.465 e. The zero-order chi connectivity index (χ0) is 28.5.